The first-order valence-corrected chi connectivity index (χ1v) is 22.0. The highest BCUT2D eigenvalue weighted by molar-refractivity contribution is 6.05. The second-order valence-corrected chi connectivity index (χ2v) is 18.1. The molecule has 0 radical (unpaired) electrons. The van der Waals surface area contributed by atoms with Crippen LogP contribution in [0.4, 0.5) is 26.4 Å². The van der Waals surface area contributed by atoms with E-state index in [2.05, 4.69) is 68.6 Å². The number of fused-ring (bicyclic) bond motifs is 1. The maximum absolute atomic E-state index is 16.2. The van der Waals surface area contributed by atoms with Gasteiger partial charge in [0.1, 0.15) is 23.6 Å². The lowest BCUT2D eigenvalue weighted by molar-refractivity contribution is -0.120. The molecule has 0 bridgehead atoms. The third-order valence-corrected chi connectivity index (χ3v) is 12.7. The predicted octanol–water partition coefficient (Wildman–Crippen LogP) is 6.79. The van der Waals surface area contributed by atoms with Crippen molar-refractivity contribution in [3.05, 3.63) is 95.8 Å². The Balaban J connectivity index is 0.781. The molecule has 7 heterocycles. The Morgan fingerprint density at radius 1 is 0.922 bits per heavy atom. The Bertz CT molecular complexity index is 2680. The van der Waals surface area contributed by atoms with E-state index in [1.54, 1.807) is 30.9 Å². The van der Waals surface area contributed by atoms with Gasteiger partial charge in [0.05, 0.1) is 11.7 Å². The summed E-state index contributed by atoms with van der Waals surface area (Å²) in [5.74, 6) is 0.695. The number of imide groups is 1. The van der Waals surface area contributed by atoms with E-state index in [1.165, 1.54) is 6.33 Å². The number of benzene rings is 2. The SMILES string of the molecule is Cc1c([C@@H](C)NC(=O)c2noc(C(C)(C)C)n2)ccc(-c2ncnc3[nH]c(-c4ccc(N5CCN(CC6CCN(c7ccc(N8CCC(=O)NC8=O)cc7)CC6)CC5)nc4)cc23)c1F. The van der Waals surface area contributed by atoms with Crippen molar-refractivity contribution in [2.75, 3.05) is 67.1 Å². The van der Waals surface area contributed by atoms with Crippen LogP contribution in [-0.2, 0) is 10.2 Å². The number of piperidine rings is 1. The van der Waals surface area contributed by atoms with Crippen molar-refractivity contribution in [3.63, 3.8) is 0 Å². The Labute approximate surface area is 370 Å². The van der Waals surface area contributed by atoms with Crippen LogP contribution in [0, 0.1) is 18.7 Å². The van der Waals surface area contributed by atoms with E-state index < -0.39 is 23.2 Å². The number of aromatic amines is 1. The van der Waals surface area contributed by atoms with Crippen molar-refractivity contribution in [2.45, 2.75) is 65.3 Å². The van der Waals surface area contributed by atoms with Crippen LogP contribution in [-0.4, -0.2) is 105 Å². The van der Waals surface area contributed by atoms with Gasteiger partial charge in [0.2, 0.25) is 11.8 Å². The Morgan fingerprint density at radius 3 is 2.36 bits per heavy atom. The predicted molar refractivity (Wildman–Crippen MR) is 242 cm³/mol. The summed E-state index contributed by atoms with van der Waals surface area (Å²) in [6, 6.07) is 16.7. The number of piperazine rings is 1. The Kier molecular flexibility index (Phi) is 11.6. The number of nitrogens with one attached hydrogen (secondary N) is 3. The first kappa shape index (κ1) is 42.5. The van der Waals surface area contributed by atoms with Crippen LogP contribution in [0.2, 0.25) is 0 Å². The zero-order chi connectivity index (χ0) is 44.7. The van der Waals surface area contributed by atoms with Crippen LogP contribution in [0.15, 0.2) is 71.6 Å². The summed E-state index contributed by atoms with van der Waals surface area (Å²) in [4.78, 5) is 67.1. The number of carbonyl (C=O) groups is 3. The Morgan fingerprint density at radius 2 is 1.67 bits per heavy atom. The van der Waals surface area contributed by atoms with Gasteiger partial charge in [-0.3, -0.25) is 24.7 Å². The van der Waals surface area contributed by atoms with Gasteiger partial charge in [-0.05, 0) is 92.3 Å². The number of H-pyrrole nitrogens is 1. The van der Waals surface area contributed by atoms with Crippen LogP contribution >= 0.6 is 0 Å². The number of hydrogen-bond donors (Lipinski definition) is 3. The number of nitrogens with zero attached hydrogens (tertiary/aromatic N) is 9. The molecule has 4 amide bonds. The number of urea groups is 1. The molecular formula is C47H53FN12O4. The fourth-order valence-corrected chi connectivity index (χ4v) is 8.91. The van der Waals surface area contributed by atoms with Crippen LogP contribution < -0.4 is 25.3 Å². The minimum atomic E-state index is -0.529. The normalized spacial score (nSPS) is 17.2. The van der Waals surface area contributed by atoms with Crippen molar-refractivity contribution < 1.29 is 23.3 Å². The summed E-state index contributed by atoms with van der Waals surface area (Å²) in [5.41, 5.74) is 5.63. The molecule has 4 aromatic heterocycles. The maximum Gasteiger partial charge on any atom is 0.328 e. The smallest absolute Gasteiger partial charge is 0.328 e. The monoisotopic (exact) mass is 868 g/mol. The molecule has 3 fully saturated rings. The van der Waals surface area contributed by atoms with Gasteiger partial charge in [0.15, 0.2) is 0 Å². The molecule has 3 aliphatic heterocycles. The molecule has 3 aliphatic rings. The number of hydrogen-bond acceptors (Lipinski definition) is 12. The fraction of sp³-hybridized carbons (Fsp3) is 0.404. The number of anilines is 3. The van der Waals surface area contributed by atoms with E-state index >= 15 is 4.39 Å². The standard InChI is InChI=1S/C47H53FN12O4/c1-28-34(29(2)52-44(62)43-55-45(64-56-43)47(3,4)5)11-12-35(40(28)48)41-36-24-37(53-42(36)51-27-50-41)31-6-13-38(49-25-31)59-22-20-57(21-23-59)26-30-14-17-58(18-15-30)32-7-9-33(10-8-32)60-19-16-39(61)54-46(60)63/h6-13,24-25,27,29-30H,14-23,26H2,1-5H3,(H,52,62)(H,50,51,53)(H,54,61,63)/t29-/m1/s1. The number of aromatic nitrogens is 6. The molecule has 0 aliphatic carbocycles. The topological polar surface area (TPSA) is 182 Å². The highest BCUT2D eigenvalue weighted by Gasteiger charge is 2.29. The van der Waals surface area contributed by atoms with Crippen LogP contribution in [0.5, 0.6) is 0 Å². The summed E-state index contributed by atoms with van der Waals surface area (Å²) >= 11 is 0. The first-order chi connectivity index (χ1) is 30.8. The molecule has 332 valence electrons. The van der Waals surface area contributed by atoms with E-state index in [9.17, 15) is 14.4 Å². The summed E-state index contributed by atoms with van der Waals surface area (Å²) in [7, 11) is 0. The summed E-state index contributed by atoms with van der Waals surface area (Å²) in [5, 5.41) is 9.77. The highest BCUT2D eigenvalue weighted by atomic mass is 19.1. The second kappa shape index (κ2) is 17.4. The van der Waals surface area contributed by atoms with Gasteiger partial charge in [0.25, 0.3) is 11.7 Å². The molecular weight excluding hydrogens is 816 g/mol. The summed E-state index contributed by atoms with van der Waals surface area (Å²) < 4.78 is 21.5. The third-order valence-electron chi connectivity index (χ3n) is 12.7. The number of amides is 4. The fourth-order valence-electron chi connectivity index (χ4n) is 8.91. The number of pyridine rings is 1. The molecule has 3 saturated heterocycles. The minimum Gasteiger partial charge on any atom is -0.372 e. The number of halogens is 1. The second-order valence-electron chi connectivity index (χ2n) is 18.1. The zero-order valence-corrected chi connectivity index (χ0v) is 36.8. The van der Waals surface area contributed by atoms with E-state index in [-0.39, 0.29) is 17.8 Å². The first-order valence-electron chi connectivity index (χ1n) is 22.0. The van der Waals surface area contributed by atoms with Crippen molar-refractivity contribution in [2.24, 2.45) is 5.92 Å². The quantitative estimate of drug-likeness (QED) is 0.131. The average Bonchev–Trinajstić information content (AvgIpc) is 3.98. The summed E-state index contributed by atoms with van der Waals surface area (Å²) in [6.45, 7) is 16.5. The van der Waals surface area contributed by atoms with E-state index in [1.807, 2.05) is 51.2 Å². The largest absolute Gasteiger partial charge is 0.372 e. The molecule has 2 aromatic carbocycles. The van der Waals surface area contributed by atoms with Crippen molar-refractivity contribution in [1.82, 2.24) is 45.6 Å². The van der Waals surface area contributed by atoms with Crippen LogP contribution in [0.3, 0.4) is 0 Å². The van der Waals surface area contributed by atoms with Crippen molar-refractivity contribution >= 4 is 46.1 Å². The Hall–Kier alpha value is -6.75. The van der Waals surface area contributed by atoms with Gasteiger partial charge < -0.3 is 24.6 Å². The molecule has 0 unspecified atom stereocenters. The van der Waals surface area contributed by atoms with Crippen LogP contribution in [0.25, 0.3) is 33.5 Å². The molecule has 9 rings (SSSR count). The molecule has 0 spiro atoms. The maximum atomic E-state index is 16.2. The third kappa shape index (κ3) is 8.76. The van der Waals surface area contributed by atoms with Gasteiger partial charge in [0, 0.05) is 104 Å². The van der Waals surface area contributed by atoms with E-state index in [0.29, 0.717) is 58.2 Å². The van der Waals surface area contributed by atoms with E-state index in [4.69, 9.17) is 9.51 Å². The molecule has 0 saturated carbocycles. The lowest BCUT2D eigenvalue weighted by Gasteiger charge is -2.39. The molecule has 64 heavy (non-hydrogen) atoms. The molecule has 3 N–H and O–H groups in total. The average molecular weight is 869 g/mol. The molecule has 1 atom stereocenters. The lowest BCUT2D eigenvalue weighted by Crippen LogP contribution is -2.49. The zero-order valence-electron chi connectivity index (χ0n) is 36.8. The number of carbonyl (C=O) groups excluding carboxylic acids is 3. The highest BCUT2D eigenvalue weighted by Crippen LogP contribution is 2.35. The molecule has 16 nitrogen and oxygen atoms in total. The van der Waals surface area contributed by atoms with Crippen molar-refractivity contribution in [1.29, 1.82) is 0 Å². The van der Waals surface area contributed by atoms with E-state index in [0.717, 1.165) is 87.1 Å². The van der Waals surface area contributed by atoms with Gasteiger partial charge >= 0.3 is 6.03 Å². The minimum absolute atomic E-state index is 0.0726. The van der Waals surface area contributed by atoms with Gasteiger partial charge in [-0.1, -0.05) is 32.0 Å². The number of rotatable bonds is 10. The van der Waals surface area contributed by atoms with Gasteiger partial charge in [-0.15, -0.1) is 0 Å². The molecule has 6 aromatic rings. The molecule has 17 heteroatoms. The summed E-state index contributed by atoms with van der Waals surface area (Å²) in [6.07, 6.45) is 5.87. The lowest BCUT2D eigenvalue weighted by atomic mass is 9.95. The van der Waals surface area contributed by atoms with Gasteiger partial charge in [-0.2, -0.15) is 4.98 Å². The van der Waals surface area contributed by atoms with Crippen LogP contribution in [0.1, 0.15) is 80.6 Å². The van der Waals surface area contributed by atoms with Crippen molar-refractivity contribution in [3.8, 4) is 22.5 Å². The van der Waals surface area contributed by atoms with Gasteiger partial charge in [-0.25, -0.2) is 24.1 Å².